The average molecular weight is 515 g/mol. The van der Waals surface area contributed by atoms with E-state index in [-0.39, 0.29) is 5.75 Å². The van der Waals surface area contributed by atoms with Crippen LogP contribution in [0.25, 0.3) is 10.9 Å². The largest absolute Gasteiger partial charge is 0.497 e. The third kappa shape index (κ3) is 4.81. The van der Waals surface area contributed by atoms with Crippen LogP contribution in [-0.4, -0.2) is 79.8 Å². The van der Waals surface area contributed by atoms with Crippen LogP contribution in [0.1, 0.15) is 35.2 Å². The topological polar surface area (TPSA) is 158 Å². The summed E-state index contributed by atoms with van der Waals surface area (Å²) in [5.74, 6) is -1.11. The molecule has 0 spiro atoms. The second-order valence-corrected chi connectivity index (χ2v) is 10.1. The fourth-order valence-electron chi connectivity index (χ4n) is 5.48. The Kier molecular flexibility index (Phi) is 7.14. The summed E-state index contributed by atoms with van der Waals surface area (Å²) < 4.78 is 16.3. The Balaban J connectivity index is 1.37. The zero-order chi connectivity index (χ0) is 26.3. The molecule has 1 aliphatic carbocycles. The van der Waals surface area contributed by atoms with Gasteiger partial charge in [0.25, 0.3) is 5.79 Å². The maximum Gasteiger partial charge on any atom is 0.288 e. The van der Waals surface area contributed by atoms with Crippen molar-refractivity contribution in [1.82, 2.24) is 10.2 Å². The molecule has 0 radical (unpaired) electrons. The van der Waals surface area contributed by atoms with Crippen molar-refractivity contribution in [2.24, 2.45) is 5.92 Å². The highest BCUT2D eigenvalue weighted by Gasteiger charge is 2.57. The van der Waals surface area contributed by atoms with Crippen LogP contribution in [-0.2, 0) is 24.0 Å². The molecule has 0 bridgehead atoms. The minimum absolute atomic E-state index is 0.193. The second kappa shape index (κ2) is 10.2. The van der Waals surface area contributed by atoms with Gasteiger partial charge in [-0.3, -0.25) is 5.10 Å². The number of aliphatic hydroxyl groups excluding tert-OH is 4. The van der Waals surface area contributed by atoms with Crippen molar-refractivity contribution in [3.05, 3.63) is 52.7 Å². The van der Waals surface area contributed by atoms with Crippen LogP contribution >= 0.6 is 0 Å². The van der Waals surface area contributed by atoms with Gasteiger partial charge < -0.3 is 39.7 Å². The van der Waals surface area contributed by atoms with E-state index in [1.54, 1.807) is 13.2 Å². The SMILES string of the molecule is COc1ccc2c(c1)CCC(CCc1n[nH]c3cc(C)cc(O[C@]4(O)[C@@H](O)O[C@H](CO)[C@@H](O)[C@@H]4O)c13)C2. The number of rotatable bonds is 7. The van der Waals surface area contributed by atoms with Crippen LogP contribution in [0.4, 0.5) is 0 Å². The summed E-state index contributed by atoms with van der Waals surface area (Å²) in [4.78, 5) is 0. The molecule has 200 valence electrons. The number of hydrogen-bond acceptors (Lipinski definition) is 9. The summed E-state index contributed by atoms with van der Waals surface area (Å²) in [7, 11) is 1.68. The van der Waals surface area contributed by atoms with Crippen molar-refractivity contribution < 1.29 is 39.7 Å². The molecular weight excluding hydrogens is 480 g/mol. The van der Waals surface area contributed by atoms with E-state index in [2.05, 4.69) is 22.3 Å². The quantitative estimate of drug-likeness (QED) is 0.254. The maximum atomic E-state index is 11.1. The van der Waals surface area contributed by atoms with Gasteiger partial charge in [-0.15, -0.1) is 0 Å². The van der Waals surface area contributed by atoms with Crippen molar-refractivity contribution >= 4 is 10.9 Å². The number of hydrogen-bond donors (Lipinski definition) is 6. The lowest BCUT2D eigenvalue weighted by Crippen LogP contribution is -2.69. The molecule has 2 heterocycles. The van der Waals surface area contributed by atoms with Crippen molar-refractivity contribution in [2.45, 2.75) is 69.4 Å². The lowest BCUT2D eigenvalue weighted by molar-refractivity contribution is -0.385. The van der Waals surface area contributed by atoms with Gasteiger partial charge in [0.2, 0.25) is 6.29 Å². The molecule has 3 aromatic rings. The minimum atomic E-state index is -2.66. The molecule has 1 saturated heterocycles. The average Bonchev–Trinajstić information content (AvgIpc) is 3.31. The Bertz CT molecular complexity index is 1260. The first-order valence-corrected chi connectivity index (χ1v) is 12.6. The van der Waals surface area contributed by atoms with E-state index in [0.717, 1.165) is 42.7 Å². The van der Waals surface area contributed by atoms with Crippen LogP contribution in [0.5, 0.6) is 11.5 Å². The normalized spacial score (nSPS) is 29.8. The Hall–Kier alpha value is -2.73. The van der Waals surface area contributed by atoms with Gasteiger partial charge in [0, 0.05) is 0 Å². The highest BCUT2D eigenvalue weighted by Crippen LogP contribution is 2.38. The molecule has 1 fully saturated rings. The number of methoxy groups -OCH3 is 1. The summed E-state index contributed by atoms with van der Waals surface area (Å²) >= 11 is 0. The van der Waals surface area contributed by atoms with Gasteiger partial charge in [0.15, 0.2) is 6.10 Å². The highest BCUT2D eigenvalue weighted by atomic mass is 16.7. The summed E-state index contributed by atoms with van der Waals surface area (Å²) in [6, 6.07) is 9.82. The number of aliphatic hydroxyl groups is 5. The Morgan fingerprint density at radius 1 is 1.16 bits per heavy atom. The van der Waals surface area contributed by atoms with Crippen LogP contribution in [0.2, 0.25) is 0 Å². The van der Waals surface area contributed by atoms with E-state index in [9.17, 15) is 25.5 Å². The van der Waals surface area contributed by atoms with Crippen molar-refractivity contribution in [2.75, 3.05) is 13.7 Å². The first kappa shape index (κ1) is 25.9. The van der Waals surface area contributed by atoms with Crippen LogP contribution in [0, 0.1) is 12.8 Å². The van der Waals surface area contributed by atoms with Gasteiger partial charge >= 0.3 is 0 Å². The molecule has 2 aromatic carbocycles. The first-order chi connectivity index (χ1) is 17.7. The van der Waals surface area contributed by atoms with Crippen LogP contribution in [0.3, 0.4) is 0 Å². The van der Waals surface area contributed by atoms with E-state index >= 15 is 0 Å². The monoisotopic (exact) mass is 514 g/mol. The van der Waals surface area contributed by atoms with Gasteiger partial charge in [-0.1, -0.05) is 6.07 Å². The number of H-pyrrole nitrogens is 1. The molecule has 6 atom stereocenters. The lowest BCUT2D eigenvalue weighted by Gasteiger charge is -2.45. The van der Waals surface area contributed by atoms with E-state index < -0.39 is 37.0 Å². The number of aromatic nitrogens is 2. The molecule has 5 rings (SSSR count). The van der Waals surface area contributed by atoms with Crippen molar-refractivity contribution in [1.29, 1.82) is 0 Å². The van der Waals surface area contributed by atoms with Crippen molar-refractivity contribution in [3.8, 4) is 11.5 Å². The molecule has 37 heavy (non-hydrogen) atoms. The van der Waals surface area contributed by atoms with E-state index in [1.165, 1.54) is 11.1 Å². The molecule has 1 aromatic heterocycles. The number of aromatic amines is 1. The van der Waals surface area contributed by atoms with E-state index in [4.69, 9.17) is 14.2 Å². The number of nitrogens with one attached hydrogen (secondary N) is 1. The Morgan fingerprint density at radius 3 is 2.73 bits per heavy atom. The smallest absolute Gasteiger partial charge is 0.288 e. The zero-order valence-electron chi connectivity index (χ0n) is 20.9. The van der Waals surface area contributed by atoms with Crippen LogP contribution in [0.15, 0.2) is 30.3 Å². The summed E-state index contributed by atoms with van der Waals surface area (Å²) in [6.45, 7) is 1.19. The second-order valence-electron chi connectivity index (χ2n) is 10.1. The molecule has 1 unspecified atom stereocenters. The number of aryl methyl sites for hydroxylation is 3. The summed E-state index contributed by atoms with van der Waals surface area (Å²) in [5.41, 5.74) is 4.89. The molecule has 10 nitrogen and oxygen atoms in total. The van der Waals surface area contributed by atoms with Crippen molar-refractivity contribution in [3.63, 3.8) is 0 Å². The standard InChI is InChI=1S/C27H34N2O8/c1-14-9-20-23(21(10-14)37-27(34)25(32)24(31)22(13-30)36-26(27)33)19(28-29-20)8-4-15-3-5-17-12-18(35-2)7-6-16(17)11-15/h6-7,9-10,12,15,22,24-26,30-34H,3-5,8,11,13H2,1-2H3,(H,28,29)/t15?,22-,24-,25+,26+,27+/m1/s1. The highest BCUT2D eigenvalue weighted by molar-refractivity contribution is 5.88. The number of nitrogens with zero attached hydrogens (tertiary/aromatic N) is 1. The van der Waals surface area contributed by atoms with Gasteiger partial charge in [-0.2, -0.15) is 5.10 Å². The van der Waals surface area contributed by atoms with Crippen LogP contribution < -0.4 is 9.47 Å². The van der Waals surface area contributed by atoms with Gasteiger partial charge in [-0.25, -0.2) is 0 Å². The van der Waals surface area contributed by atoms with E-state index in [1.807, 2.05) is 19.1 Å². The van der Waals surface area contributed by atoms with Gasteiger partial charge in [0.1, 0.15) is 23.7 Å². The third-order valence-electron chi connectivity index (χ3n) is 7.62. The predicted octanol–water partition coefficient (Wildman–Crippen LogP) is 1.12. The fourth-order valence-corrected chi connectivity index (χ4v) is 5.48. The Morgan fingerprint density at radius 2 is 1.97 bits per heavy atom. The number of ether oxygens (including phenoxy) is 3. The molecule has 2 aliphatic rings. The Labute approximate surface area is 214 Å². The third-order valence-corrected chi connectivity index (χ3v) is 7.62. The molecule has 0 saturated carbocycles. The van der Waals surface area contributed by atoms with Gasteiger partial charge in [0.05, 0.1) is 30.3 Å². The molecular formula is C27H34N2O8. The summed E-state index contributed by atoms with van der Waals surface area (Å²) in [5, 5.41) is 59.8. The molecule has 1 aliphatic heterocycles. The molecule has 10 heteroatoms. The predicted molar refractivity (Wildman–Crippen MR) is 133 cm³/mol. The maximum absolute atomic E-state index is 11.1. The number of fused-ring (bicyclic) bond motifs is 2. The summed E-state index contributed by atoms with van der Waals surface area (Å²) in [6.07, 6.45) is -2.29. The first-order valence-electron chi connectivity index (χ1n) is 12.6. The fraction of sp³-hybridized carbons (Fsp3) is 0.519. The minimum Gasteiger partial charge on any atom is -0.497 e. The number of benzene rings is 2. The molecule has 0 amide bonds. The zero-order valence-corrected chi connectivity index (χ0v) is 20.9. The lowest BCUT2D eigenvalue weighted by atomic mass is 9.81. The molecule has 6 N–H and O–H groups in total. The van der Waals surface area contributed by atoms with E-state index in [0.29, 0.717) is 23.2 Å². The van der Waals surface area contributed by atoms with Gasteiger partial charge in [-0.05, 0) is 85.9 Å².